The highest BCUT2D eigenvalue weighted by atomic mass is 16.7. The number of methoxy groups -OCH3 is 3. The molecule has 0 amide bonds. The van der Waals surface area contributed by atoms with Crippen LogP contribution in [0.15, 0.2) is 24.4 Å². The van der Waals surface area contributed by atoms with Crippen LogP contribution >= 0.6 is 0 Å². The summed E-state index contributed by atoms with van der Waals surface area (Å²) in [7, 11) is 4.37. The Morgan fingerprint density at radius 2 is 1.83 bits per heavy atom. The Morgan fingerprint density at radius 1 is 1.10 bits per heavy atom. The summed E-state index contributed by atoms with van der Waals surface area (Å²) in [5.74, 6) is 1.00. The van der Waals surface area contributed by atoms with Crippen molar-refractivity contribution in [1.29, 1.82) is 0 Å². The molecule has 1 heterocycles. The molecule has 2 aromatic rings. The Morgan fingerprint density at radius 3 is 2.53 bits per heavy atom. The first-order chi connectivity index (χ1) is 14.7. The summed E-state index contributed by atoms with van der Waals surface area (Å²) in [6.45, 7) is 0.0257. The molecule has 1 aliphatic carbocycles. The number of ether oxygens (including phenoxy) is 5. The Bertz CT molecular complexity index is 832. The van der Waals surface area contributed by atoms with Crippen LogP contribution in [0.3, 0.4) is 0 Å². The van der Waals surface area contributed by atoms with Gasteiger partial charge < -0.3 is 29.0 Å². The van der Waals surface area contributed by atoms with Crippen LogP contribution in [0.2, 0.25) is 0 Å². The number of carbonyl (C=O) groups is 1. The fourth-order valence-corrected chi connectivity index (χ4v) is 3.62. The summed E-state index contributed by atoms with van der Waals surface area (Å²) >= 11 is 0. The third kappa shape index (κ3) is 5.22. The summed E-state index contributed by atoms with van der Waals surface area (Å²) in [4.78, 5) is 12.6. The number of hydrogen-bond acceptors (Lipinski definition) is 8. The highest BCUT2D eigenvalue weighted by molar-refractivity contribution is 6.00. The Balaban J connectivity index is 1.99. The number of hydrogen-bond donors (Lipinski definition) is 1. The molecule has 1 saturated carbocycles. The average molecular weight is 419 g/mol. The Hall–Kier alpha value is -2.78. The summed E-state index contributed by atoms with van der Waals surface area (Å²) in [6.07, 6.45) is 7.55. The van der Waals surface area contributed by atoms with E-state index in [0.29, 0.717) is 17.5 Å². The van der Waals surface area contributed by atoms with Crippen LogP contribution in [0.5, 0.6) is 11.5 Å². The van der Waals surface area contributed by atoms with Crippen molar-refractivity contribution in [3.05, 3.63) is 30.0 Å². The van der Waals surface area contributed by atoms with Crippen LogP contribution < -0.4 is 14.8 Å². The topological polar surface area (TPSA) is 93.1 Å². The summed E-state index contributed by atoms with van der Waals surface area (Å²) in [6, 6.07) is 5.53. The van der Waals surface area contributed by atoms with Crippen molar-refractivity contribution in [2.75, 3.05) is 40.2 Å². The van der Waals surface area contributed by atoms with Gasteiger partial charge in [-0.15, -0.1) is 0 Å². The van der Waals surface area contributed by atoms with Crippen molar-refractivity contribution in [1.82, 2.24) is 9.78 Å². The highest BCUT2D eigenvalue weighted by Crippen LogP contribution is 2.37. The molecule has 1 aromatic carbocycles. The lowest BCUT2D eigenvalue weighted by atomic mass is 9.96. The van der Waals surface area contributed by atoms with E-state index in [1.807, 2.05) is 10.7 Å². The molecule has 0 saturated heterocycles. The zero-order chi connectivity index (χ0) is 21.3. The van der Waals surface area contributed by atoms with Gasteiger partial charge in [-0.25, -0.2) is 9.48 Å². The van der Waals surface area contributed by atoms with Gasteiger partial charge in [-0.1, -0.05) is 19.3 Å². The number of carbonyl (C=O) groups excluding carboxylic acids is 1. The number of rotatable bonds is 10. The first kappa shape index (κ1) is 21.9. The van der Waals surface area contributed by atoms with E-state index in [-0.39, 0.29) is 24.9 Å². The minimum atomic E-state index is -0.536. The predicted octanol–water partition coefficient (Wildman–Crippen LogP) is 3.88. The number of anilines is 2. The maximum atomic E-state index is 12.6. The van der Waals surface area contributed by atoms with E-state index >= 15 is 0 Å². The smallest absolute Gasteiger partial charge is 0.343 e. The van der Waals surface area contributed by atoms with Crippen LogP contribution in [-0.4, -0.2) is 50.7 Å². The second kappa shape index (κ2) is 10.8. The predicted molar refractivity (Wildman–Crippen MR) is 110 cm³/mol. The fourth-order valence-electron chi connectivity index (χ4n) is 3.62. The van der Waals surface area contributed by atoms with Crippen molar-refractivity contribution in [2.45, 2.75) is 38.1 Å². The highest BCUT2D eigenvalue weighted by Gasteiger charge is 2.24. The molecule has 1 N–H and O–H groups in total. The van der Waals surface area contributed by atoms with Crippen molar-refractivity contribution in [2.24, 2.45) is 0 Å². The first-order valence-electron chi connectivity index (χ1n) is 9.98. The second-order valence-electron chi connectivity index (χ2n) is 7.02. The molecular formula is C21H29N3O6. The van der Waals surface area contributed by atoms with Gasteiger partial charge in [-0.3, -0.25) is 0 Å². The molecule has 0 radical (unpaired) electrons. The number of aromatic nitrogens is 2. The number of benzene rings is 1. The van der Waals surface area contributed by atoms with Gasteiger partial charge in [-0.05, 0) is 12.8 Å². The van der Waals surface area contributed by atoms with Crippen molar-refractivity contribution < 1.29 is 28.5 Å². The molecule has 1 aromatic heterocycles. The fraction of sp³-hybridized carbons (Fsp3) is 0.524. The third-order valence-corrected chi connectivity index (χ3v) is 4.99. The Labute approximate surface area is 176 Å². The molecule has 0 spiro atoms. The minimum Gasteiger partial charge on any atom is -0.467 e. The lowest BCUT2D eigenvalue weighted by Gasteiger charge is -2.24. The summed E-state index contributed by atoms with van der Waals surface area (Å²) in [5, 5.41) is 7.84. The van der Waals surface area contributed by atoms with E-state index < -0.39 is 5.97 Å². The van der Waals surface area contributed by atoms with Crippen molar-refractivity contribution in [3.63, 3.8) is 0 Å². The van der Waals surface area contributed by atoms with E-state index in [9.17, 15) is 4.79 Å². The zero-order valence-electron chi connectivity index (χ0n) is 17.7. The lowest BCUT2D eigenvalue weighted by molar-refractivity contribution is 0.0436. The number of nitrogens with one attached hydrogen (secondary N) is 1. The molecule has 3 rings (SSSR count). The van der Waals surface area contributed by atoms with Crippen LogP contribution in [0, 0.1) is 0 Å². The van der Waals surface area contributed by atoms with Gasteiger partial charge in [0.25, 0.3) is 0 Å². The van der Waals surface area contributed by atoms with E-state index in [2.05, 4.69) is 10.4 Å². The molecule has 0 atom stereocenters. The van der Waals surface area contributed by atoms with E-state index in [1.165, 1.54) is 40.6 Å². The normalized spacial score (nSPS) is 14.4. The van der Waals surface area contributed by atoms with Crippen LogP contribution in [-0.2, 0) is 14.2 Å². The van der Waals surface area contributed by atoms with Gasteiger partial charge in [0, 0.05) is 32.4 Å². The van der Waals surface area contributed by atoms with Crippen LogP contribution in [0.1, 0.15) is 48.5 Å². The molecule has 164 valence electrons. The SMILES string of the molecule is COCOc1cc(Nc2ccnn2C2CCCCC2)c(C(=O)OC)c(OCOC)c1. The van der Waals surface area contributed by atoms with Gasteiger partial charge in [0.2, 0.25) is 0 Å². The van der Waals surface area contributed by atoms with Gasteiger partial charge in [0.05, 0.1) is 25.0 Å². The molecule has 30 heavy (non-hydrogen) atoms. The molecule has 0 bridgehead atoms. The molecule has 1 aliphatic rings. The molecule has 0 unspecified atom stereocenters. The standard InChI is InChI=1S/C21H29N3O6/c1-26-13-29-16-11-17(20(21(25)28-3)18(12-16)30-14-27-2)23-19-9-10-22-24(19)15-7-5-4-6-8-15/h9-12,15,23H,4-8,13-14H2,1-3H3. The summed E-state index contributed by atoms with van der Waals surface area (Å²) in [5.41, 5.74) is 0.731. The van der Waals surface area contributed by atoms with E-state index in [0.717, 1.165) is 18.7 Å². The molecule has 9 heteroatoms. The maximum Gasteiger partial charge on any atom is 0.343 e. The van der Waals surface area contributed by atoms with Gasteiger partial charge in [0.15, 0.2) is 13.6 Å². The third-order valence-electron chi connectivity index (χ3n) is 4.99. The van der Waals surface area contributed by atoms with Gasteiger partial charge >= 0.3 is 5.97 Å². The lowest BCUT2D eigenvalue weighted by Crippen LogP contribution is -2.17. The largest absolute Gasteiger partial charge is 0.467 e. The van der Waals surface area contributed by atoms with Gasteiger partial charge in [0.1, 0.15) is 22.9 Å². The second-order valence-corrected chi connectivity index (χ2v) is 7.02. The zero-order valence-corrected chi connectivity index (χ0v) is 17.7. The van der Waals surface area contributed by atoms with E-state index in [4.69, 9.17) is 23.7 Å². The Kier molecular flexibility index (Phi) is 7.92. The van der Waals surface area contributed by atoms with Crippen LogP contribution in [0.25, 0.3) is 0 Å². The minimum absolute atomic E-state index is 0.0306. The molecule has 1 fully saturated rings. The van der Waals surface area contributed by atoms with Gasteiger partial charge in [-0.2, -0.15) is 5.10 Å². The first-order valence-corrected chi connectivity index (χ1v) is 9.98. The molecular weight excluding hydrogens is 390 g/mol. The summed E-state index contributed by atoms with van der Waals surface area (Å²) < 4.78 is 28.2. The number of esters is 1. The average Bonchev–Trinajstić information content (AvgIpc) is 3.24. The molecule has 0 aliphatic heterocycles. The van der Waals surface area contributed by atoms with Crippen molar-refractivity contribution in [3.8, 4) is 11.5 Å². The van der Waals surface area contributed by atoms with E-state index in [1.54, 1.807) is 18.3 Å². The van der Waals surface area contributed by atoms with Crippen molar-refractivity contribution >= 4 is 17.5 Å². The monoisotopic (exact) mass is 419 g/mol. The molecule has 9 nitrogen and oxygen atoms in total. The van der Waals surface area contributed by atoms with Crippen LogP contribution in [0.4, 0.5) is 11.5 Å². The maximum absolute atomic E-state index is 12.6. The quantitative estimate of drug-likeness (QED) is 0.458. The number of nitrogens with zero attached hydrogens (tertiary/aromatic N) is 2.